The molecule has 18 heteroatoms. The second-order valence-electron chi connectivity index (χ2n) is 18.7. The molecule has 12 rings (SSSR count). The summed E-state index contributed by atoms with van der Waals surface area (Å²) in [6, 6.07) is 32.6. The summed E-state index contributed by atoms with van der Waals surface area (Å²) in [6.07, 6.45) is 13.8. The van der Waals surface area contributed by atoms with Crippen LogP contribution >= 0.6 is 0 Å². The van der Waals surface area contributed by atoms with Crippen molar-refractivity contribution in [1.29, 1.82) is 0 Å². The molecule has 3 amide bonds. The zero-order valence-corrected chi connectivity index (χ0v) is 45.3. The molecule has 0 spiro atoms. The van der Waals surface area contributed by atoms with Crippen molar-refractivity contribution in [3.63, 3.8) is 0 Å². The highest BCUT2D eigenvalue weighted by Gasteiger charge is 2.32. The monoisotopic (exact) mass is 1070 g/mol. The fraction of sp³-hybridized carbons (Fsp3) is 0.177. The maximum atomic E-state index is 12.8. The Kier molecular flexibility index (Phi) is 15.4. The minimum absolute atomic E-state index is 0.00520. The third kappa shape index (κ3) is 10.7. The fourth-order valence-corrected chi connectivity index (χ4v) is 9.69. The number of methoxy groups -OCH3 is 6. The molecule has 0 fully saturated rings. The molecule has 0 atom stereocenters. The molecule has 402 valence electrons. The van der Waals surface area contributed by atoms with Crippen molar-refractivity contribution in [1.82, 2.24) is 29.9 Å². The van der Waals surface area contributed by atoms with Crippen LogP contribution in [0.3, 0.4) is 0 Å². The Morgan fingerprint density at radius 3 is 1.19 bits per heavy atom. The van der Waals surface area contributed by atoms with E-state index in [1.165, 1.54) is 0 Å². The summed E-state index contributed by atoms with van der Waals surface area (Å²) < 4.78 is 31.6. The van der Waals surface area contributed by atoms with Crippen LogP contribution in [0.2, 0.25) is 0 Å². The first-order valence-corrected chi connectivity index (χ1v) is 25.3. The van der Waals surface area contributed by atoms with Crippen LogP contribution in [0, 0.1) is 13.8 Å². The second-order valence-corrected chi connectivity index (χ2v) is 18.7. The Morgan fingerprint density at radius 2 is 0.800 bits per heavy atom. The summed E-state index contributed by atoms with van der Waals surface area (Å²) in [4.78, 5) is 68.9. The van der Waals surface area contributed by atoms with Gasteiger partial charge in [0, 0.05) is 81.9 Å². The number of hydrogen-bond donors (Lipinski definition) is 0. The van der Waals surface area contributed by atoms with E-state index in [1.807, 2.05) is 117 Å². The van der Waals surface area contributed by atoms with Gasteiger partial charge in [0.15, 0.2) is 17.2 Å². The van der Waals surface area contributed by atoms with Crippen LogP contribution in [0.5, 0.6) is 34.9 Å². The van der Waals surface area contributed by atoms with Gasteiger partial charge in [0.1, 0.15) is 0 Å². The number of fused-ring (bicyclic) bond motifs is 3. The number of pyridine rings is 6. The predicted molar refractivity (Wildman–Crippen MR) is 302 cm³/mol. The zero-order valence-electron chi connectivity index (χ0n) is 45.3. The topological polar surface area (TPSA) is 194 Å². The molecular formula is C62H55N9O9. The minimum atomic E-state index is -0.00927. The summed E-state index contributed by atoms with van der Waals surface area (Å²) in [5.41, 5.74) is 15.1. The number of hydrogen-bond acceptors (Lipinski definition) is 15. The summed E-state index contributed by atoms with van der Waals surface area (Å²) >= 11 is 0. The molecule has 0 saturated carbocycles. The predicted octanol–water partition coefficient (Wildman–Crippen LogP) is 10.6. The molecule has 3 aliphatic heterocycles. The van der Waals surface area contributed by atoms with Crippen LogP contribution in [0.4, 0.5) is 17.1 Å². The first-order valence-electron chi connectivity index (χ1n) is 25.3. The molecule has 9 heterocycles. The highest BCUT2D eigenvalue weighted by Crippen LogP contribution is 2.38. The van der Waals surface area contributed by atoms with Gasteiger partial charge in [-0.2, -0.15) is 0 Å². The number of carbonyl (C=O) groups excluding carboxylic acids is 3. The number of aryl methyl sites for hydroxylation is 2. The Bertz CT molecular complexity index is 3650. The summed E-state index contributed by atoms with van der Waals surface area (Å²) in [7, 11) is 9.41. The van der Waals surface area contributed by atoms with E-state index in [0.717, 1.165) is 84.0 Å². The van der Waals surface area contributed by atoms with Gasteiger partial charge in [-0.25, -0.2) is 15.0 Å². The van der Waals surface area contributed by atoms with Crippen molar-refractivity contribution < 1.29 is 42.8 Å². The normalized spacial score (nSPS) is 12.8. The molecular weight excluding hydrogens is 1010 g/mol. The van der Waals surface area contributed by atoms with Crippen molar-refractivity contribution in [2.45, 2.75) is 33.5 Å². The van der Waals surface area contributed by atoms with Crippen LogP contribution in [0.25, 0.3) is 33.4 Å². The van der Waals surface area contributed by atoms with E-state index in [9.17, 15) is 14.4 Å². The van der Waals surface area contributed by atoms with E-state index in [4.69, 9.17) is 28.4 Å². The molecule has 6 aromatic heterocycles. The number of benzene rings is 3. The van der Waals surface area contributed by atoms with Gasteiger partial charge in [-0.1, -0.05) is 18.2 Å². The molecule has 0 bridgehead atoms. The van der Waals surface area contributed by atoms with Crippen molar-refractivity contribution in [3.05, 3.63) is 197 Å². The van der Waals surface area contributed by atoms with Crippen LogP contribution in [0.15, 0.2) is 153 Å². The van der Waals surface area contributed by atoms with Crippen LogP contribution in [-0.4, -0.2) is 90.3 Å². The average molecular weight is 1070 g/mol. The number of ether oxygens (including phenoxy) is 6. The molecule has 3 aliphatic rings. The van der Waals surface area contributed by atoms with Crippen LogP contribution in [-0.2, 0) is 19.6 Å². The van der Waals surface area contributed by atoms with Gasteiger partial charge in [0.25, 0.3) is 35.4 Å². The third-order valence-corrected chi connectivity index (χ3v) is 13.7. The van der Waals surface area contributed by atoms with Crippen LogP contribution < -0.4 is 43.1 Å². The van der Waals surface area contributed by atoms with E-state index in [-0.39, 0.29) is 17.7 Å². The number of nitrogens with zero attached hydrogens (tertiary/aromatic N) is 9. The smallest absolute Gasteiger partial charge is 0.258 e. The Balaban J connectivity index is 0.000000135. The first-order chi connectivity index (χ1) is 38.9. The first kappa shape index (κ1) is 53.2. The molecule has 3 aromatic carbocycles. The van der Waals surface area contributed by atoms with Gasteiger partial charge in [-0.3, -0.25) is 29.3 Å². The van der Waals surface area contributed by atoms with E-state index in [2.05, 4.69) is 29.9 Å². The van der Waals surface area contributed by atoms with E-state index < -0.39 is 0 Å². The van der Waals surface area contributed by atoms with Crippen molar-refractivity contribution >= 4 is 34.8 Å². The summed E-state index contributed by atoms with van der Waals surface area (Å²) in [5, 5.41) is 0. The highest BCUT2D eigenvalue weighted by atomic mass is 16.5. The van der Waals surface area contributed by atoms with Crippen molar-refractivity contribution in [2.24, 2.45) is 0 Å². The third-order valence-electron chi connectivity index (χ3n) is 13.7. The molecule has 0 unspecified atom stereocenters. The average Bonchev–Trinajstić information content (AvgIpc) is 4.19. The molecule has 0 N–H and O–H groups in total. The molecule has 0 saturated heterocycles. The number of anilines is 3. The molecule has 0 aliphatic carbocycles. The largest absolute Gasteiger partial charge is 0.491 e. The summed E-state index contributed by atoms with van der Waals surface area (Å²) in [6.45, 7) is 5.46. The van der Waals surface area contributed by atoms with Crippen molar-refractivity contribution in [3.8, 4) is 68.3 Å². The molecule has 80 heavy (non-hydrogen) atoms. The standard InChI is InChI=1S/2C21H19N3O3.C20H17N3O3/c1-13-6-17(11-22-9-13)24-12-16-7-14(4-5-18(16)21(24)25)15-8-19(26-2)20(27-3)23-10-15;1-13-8-17(6-7-22-13)24-12-16-9-14(4-5-18(16)21(24)25)15-10-19(26-2)20(27-3)23-11-15;1-25-18-9-14(10-22-19(18)26-2)13-5-6-17-15(8-13)12-23(20(17)24)16-4-3-7-21-11-16/h2*4-11H,12H2,1-3H3;3-11H,12H2,1-2H3. The lowest BCUT2D eigenvalue weighted by Crippen LogP contribution is -2.23. The molecule has 18 nitrogen and oxygen atoms in total. The lowest BCUT2D eigenvalue weighted by atomic mass is 10.0. The number of amides is 3. The Labute approximate surface area is 462 Å². The highest BCUT2D eigenvalue weighted by molar-refractivity contribution is 6.12. The molecule has 0 radical (unpaired) electrons. The van der Waals surface area contributed by atoms with Crippen LogP contribution in [0.1, 0.15) is 59.0 Å². The lowest BCUT2D eigenvalue weighted by molar-refractivity contribution is 0.0989. The van der Waals surface area contributed by atoms with Gasteiger partial charge in [-0.15, -0.1) is 0 Å². The zero-order chi connectivity index (χ0) is 56.0. The quantitative estimate of drug-likeness (QED) is 0.112. The van der Waals surface area contributed by atoms with E-state index >= 15 is 0 Å². The lowest BCUT2D eigenvalue weighted by Gasteiger charge is -2.15. The number of rotatable bonds is 12. The SMILES string of the molecule is COc1cc(-c2ccc3c(c2)CN(c2cccnc2)C3=O)cnc1OC.COc1cc(-c2ccc3c(c2)CN(c2ccnc(C)c2)C3=O)cnc1OC.COc1cc(-c2ccc3c(c2)CN(c2cncc(C)c2)C3=O)cnc1OC. The molecule has 9 aromatic rings. The summed E-state index contributed by atoms with van der Waals surface area (Å²) in [5.74, 6) is 3.02. The van der Waals surface area contributed by atoms with Gasteiger partial charge >= 0.3 is 0 Å². The van der Waals surface area contributed by atoms with Crippen molar-refractivity contribution in [2.75, 3.05) is 57.4 Å². The number of aromatic nitrogens is 6. The van der Waals surface area contributed by atoms with Gasteiger partial charge in [-0.05, 0) is 138 Å². The van der Waals surface area contributed by atoms with E-state index in [1.54, 1.807) is 107 Å². The van der Waals surface area contributed by atoms with E-state index in [0.29, 0.717) is 65.6 Å². The minimum Gasteiger partial charge on any atom is -0.491 e. The van der Waals surface area contributed by atoms with Gasteiger partial charge in [0.2, 0.25) is 0 Å². The maximum Gasteiger partial charge on any atom is 0.258 e. The number of carbonyl (C=O) groups is 3. The van der Waals surface area contributed by atoms with Gasteiger partial charge in [0.05, 0.1) is 86.1 Å². The second kappa shape index (κ2) is 23.2. The van der Waals surface area contributed by atoms with Gasteiger partial charge < -0.3 is 43.1 Å². The fourth-order valence-electron chi connectivity index (χ4n) is 9.69. The Hall–Kier alpha value is -10.2. The Morgan fingerprint density at radius 1 is 0.375 bits per heavy atom. The maximum absolute atomic E-state index is 12.8.